The van der Waals surface area contributed by atoms with Gasteiger partial charge in [-0.15, -0.1) is 0 Å². The van der Waals surface area contributed by atoms with E-state index in [0.717, 1.165) is 31.5 Å². The summed E-state index contributed by atoms with van der Waals surface area (Å²) in [5.41, 5.74) is 1.00. The van der Waals surface area contributed by atoms with Gasteiger partial charge in [0.25, 0.3) is 0 Å². The molecule has 0 aliphatic carbocycles. The highest BCUT2D eigenvalue weighted by molar-refractivity contribution is 6.30. The second kappa shape index (κ2) is 10.5. The van der Waals surface area contributed by atoms with Crippen molar-refractivity contribution in [2.24, 2.45) is 0 Å². The quantitative estimate of drug-likeness (QED) is 0.676. The van der Waals surface area contributed by atoms with E-state index in [4.69, 9.17) is 11.6 Å². The number of alkyl halides is 3. The molecule has 1 fully saturated rings. The number of carbonyl (C=O) groups excluding carboxylic acids is 2. The van der Waals surface area contributed by atoms with Crippen LogP contribution in [-0.2, 0) is 9.53 Å². The normalized spacial score (nSPS) is 15.9. The van der Waals surface area contributed by atoms with Gasteiger partial charge < -0.3 is 15.4 Å². The van der Waals surface area contributed by atoms with E-state index in [0.29, 0.717) is 11.6 Å². The van der Waals surface area contributed by atoms with Crippen LogP contribution in [0.1, 0.15) is 30.9 Å². The molecule has 2 N–H and O–H groups in total. The number of hydrogen-bond donors (Lipinski definition) is 2. The highest BCUT2D eigenvalue weighted by Crippen LogP contribution is 2.26. The first-order valence-electron chi connectivity index (χ1n) is 8.98. The molecule has 1 aromatic carbocycles. The largest absolute Gasteiger partial charge is 0.440 e. The summed E-state index contributed by atoms with van der Waals surface area (Å²) in [6.45, 7) is 0.452. The summed E-state index contributed by atoms with van der Waals surface area (Å²) < 4.78 is 39.9. The lowest BCUT2D eigenvalue weighted by atomic mass is 10.1. The average Bonchev–Trinajstić information content (AvgIpc) is 3.14. The Balaban J connectivity index is 1.77. The van der Waals surface area contributed by atoms with Crippen molar-refractivity contribution in [2.45, 2.75) is 31.5 Å². The van der Waals surface area contributed by atoms with E-state index < -0.39 is 18.9 Å². The fraction of sp³-hybridized carbons (Fsp3) is 0.556. The molecule has 1 unspecified atom stereocenters. The zero-order valence-electron chi connectivity index (χ0n) is 15.2. The van der Waals surface area contributed by atoms with Gasteiger partial charge in [0.05, 0.1) is 6.04 Å². The maximum atomic E-state index is 12.0. The Morgan fingerprint density at radius 2 is 1.93 bits per heavy atom. The number of halogens is 4. The summed E-state index contributed by atoms with van der Waals surface area (Å²) in [5, 5.41) is 5.55. The van der Waals surface area contributed by atoms with Crippen LogP contribution in [0, 0.1) is 0 Å². The van der Waals surface area contributed by atoms with Crippen LogP contribution in [0.5, 0.6) is 0 Å². The molecule has 1 heterocycles. The second-order valence-corrected chi connectivity index (χ2v) is 6.92. The Hall–Kier alpha value is -2.00. The summed E-state index contributed by atoms with van der Waals surface area (Å²) in [6.07, 6.45) is -3.67. The third kappa shape index (κ3) is 7.93. The maximum Gasteiger partial charge on any atom is 0.422 e. The van der Waals surface area contributed by atoms with E-state index >= 15 is 0 Å². The van der Waals surface area contributed by atoms with Gasteiger partial charge in [-0.25, -0.2) is 4.79 Å². The zero-order chi connectivity index (χ0) is 20.6. The number of carbonyl (C=O) groups is 2. The molecule has 156 valence electrons. The minimum atomic E-state index is -4.58. The summed E-state index contributed by atoms with van der Waals surface area (Å²) in [5.74, 6) is -0.317. The molecule has 10 heteroatoms. The minimum Gasteiger partial charge on any atom is -0.440 e. The molecule has 0 bridgehead atoms. The lowest BCUT2D eigenvalue weighted by molar-refractivity contribution is -0.160. The maximum absolute atomic E-state index is 12.0. The predicted molar refractivity (Wildman–Crippen MR) is 98.0 cm³/mol. The molecule has 1 aromatic rings. The molecule has 6 nitrogen and oxygen atoms in total. The molecule has 0 radical (unpaired) electrons. The Kier molecular flexibility index (Phi) is 8.37. The highest BCUT2D eigenvalue weighted by atomic mass is 35.5. The Labute approximate surface area is 166 Å². The number of rotatable bonds is 8. The molecule has 0 spiro atoms. The van der Waals surface area contributed by atoms with E-state index in [-0.39, 0.29) is 24.9 Å². The van der Waals surface area contributed by atoms with E-state index in [1.807, 2.05) is 18.2 Å². The number of nitrogens with one attached hydrogen (secondary N) is 2. The van der Waals surface area contributed by atoms with Crippen LogP contribution < -0.4 is 10.6 Å². The van der Waals surface area contributed by atoms with Crippen molar-refractivity contribution < 1.29 is 27.5 Å². The molecule has 1 aliphatic rings. The lowest BCUT2D eigenvalue weighted by Gasteiger charge is -2.28. The second-order valence-electron chi connectivity index (χ2n) is 6.49. The molecular formula is C18H23ClF3N3O3. The molecule has 1 aliphatic heterocycles. The van der Waals surface area contributed by atoms with Crippen LogP contribution in [0.15, 0.2) is 24.3 Å². The summed E-state index contributed by atoms with van der Waals surface area (Å²) in [4.78, 5) is 25.5. The Morgan fingerprint density at radius 1 is 1.21 bits per heavy atom. The fourth-order valence-corrected chi connectivity index (χ4v) is 3.20. The number of likely N-dealkylation sites (tertiary alicyclic amines) is 1. The van der Waals surface area contributed by atoms with Gasteiger partial charge in [-0.05, 0) is 43.6 Å². The van der Waals surface area contributed by atoms with Crippen molar-refractivity contribution in [3.63, 3.8) is 0 Å². The Bertz CT molecular complexity index is 667. The number of benzene rings is 1. The average molecular weight is 422 g/mol. The van der Waals surface area contributed by atoms with Crippen molar-refractivity contribution in [3.05, 3.63) is 34.9 Å². The molecule has 0 aromatic heterocycles. The molecule has 1 atom stereocenters. The number of alkyl carbamates (subject to hydrolysis) is 1. The van der Waals surface area contributed by atoms with Gasteiger partial charge in [-0.3, -0.25) is 9.69 Å². The van der Waals surface area contributed by atoms with E-state index in [1.54, 1.807) is 6.07 Å². The van der Waals surface area contributed by atoms with Gasteiger partial charge in [0.15, 0.2) is 6.61 Å². The monoisotopic (exact) mass is 421 g/mol. The third-order valence-electron chi connectivity index (χ3n) is 4.30. The van der Waals surface area contributed by atoms with Crippen molar-refractivity contribution in [1.29, 1.82) is 0 Å². The van der Waals surface area contributed by atoms with Gasteiger partial charge in [0.2, 0.25) is 5.91 Å². The summed E-state index contributed by atoms with van der Waals surface area (Å²) in [6, 6.07) is 7.45. The van der Waals surface area contributed by atoms with Crippen molar-refractivity contribution in [3.8, 4) is 0 Å². The van der Waals surface area contributed by atoms with Crippen molar-refractivity contribution in [1.82, 2.24) is 15.5 Å². The third-order valence-corrected chi connectivity index (χ3v) is 4.53. The lowest BCUT2D eigenvalue weighted by Crippen LogP contribution is -2.38. The van der Waals surface area contributed by atoms with E-state index in [2.05, 4.69) is 20.3 Å². The van der Waals surface area contributed by atoms with Crippen LogP contribution in [-0.4, -0.2) is 55.9 Å². The van der Waals surface area contributed by atoms with Gasteiger partial charge in [-0.2, -0.15) is 13.2 Å². The van der Waals surface area contributed by atoms with Crippen LogP contribution in [0.2, 0.25) is 5.02 Å². The van der Waals surface area contributed by atoms with Crippen LogP contribution >= 0.6 is 11.6 Å². The van der Waals surface area contributed by atoms with Crippen LogP contribution in [0.25, 0.3) is 0 Å². The van der Waals surface area contributed by atoms with Crippen molar-refractivity contribution in [2.75, 3.05) is 32.8 Å². The smallest absolute Gasteiger partial charge is 0.422 e. The summed E-state index contributed by atoms with van der Waals surface area (Å²) >= 11 is 6.08. The SMILES string of the molecule is O=C(CCNC(=O)OCC(F)(F)F)NCC(c1cccc(Cl)c1)N1CCCC1. The number of nitrogens with zero attached hydrogens (tertiary/aromatic N) is 1. The standard InChI is InChI=1S/C18H23ClF3N3O3/c19-14-5-3-4-13(10-14)15(25-8-1-2-9-25)11-24-16(26)6-7-23-17(27)28-12-18(20,21)22/h3-5,10,15H,1-2,6-9,11-12H2,(H,23,27)(H,24,26). The Morgan fingerprint density at radius 3 is 2.57 bits per heavy atom. The topological polar surface area (TPSA) is 70.7 Å². The number of hydrogen-bond acceptors (Lipinski definition) is 4. The summed E-state index contributed by atoms with van der Waals surface area (Å²) in [7, 11) is 0. The van der Waals surface area contributed by atoms with Crippen LogP contribution in [0.3, 0.4) is 0 Å². The van der Waals surface area contributed by atoms with Gasteiger partial charge in [-0.1, -0.05) is 23.7 Å². The van der Waals surface area contributed by atoms with Gasteiger partial charge >= 0.3 is 12.3 Å². The fourth-order valence-electron chi connectivity index (χ4n) is 3.00. The minimum absolute atomic E-state index is 0.0186. The van der Waals surface area contributed by atoms with Gasteiger partial charge in [0, 0.05) is 24.5 Å². The molecule has 2 rings (SSSR count). The van der Waals surface area contributed by atoms with Crippen molar-refractivity contribution >= 4 is 23.6 Å². The van der Waals surface area contributed by atoms with E-state index in [9.17, 15) is 22.8 Å². The first kappa shape index (κ1) is 22.3. The van der Waals surface area contributed by atoms with Gasteiger partial charge in [0.1, 0.15) is 0 Å². The zero-order valence-corrected chi connectivity index (χ0v) is 16.0. The number of amides is 2. The molecule has 28 heavy (non-hydrogen) atoms. The van der Waals surface area contributed by atoms with E-state index in [1.165, 1.54) is 0 Å². The first-order chi connectivity index (χ1) is 13.2. The highest BCUT2D eigenvalue weighted by Gasteiger charge is 2.29. The first-order valence-corrected chi connectivity index (χ1v) is 9.36. The molecule has 2 amide bonds. The predicted octanol–water partition coefficient (Wildman–Crippen LogP) is 3.27. The molecular weight excluding hydrogens is 399 g/mol. The molecule has 1 saturated heterocycles. The molecule has 0 saturated carbocycles. The van der Waals surface area contributed by atoms with Crippen LogP contribution in [0.4, 0.5) is 18.0 Å². The number of ether oxygens (including phenoxy) is 1.